The van der Waals surface area contributed by atoms with Crippen LogP contribution in [-0.2, 0) is 0 Å². The zero-order chi connectivity index (χ0) is 12.1. The number of guanidine groups is 1. The standard InChI is InChI=1S/C12H27N3/c1-9(2)6-10(3)7-12(4,5)8-15-11(13)14/h9-10H,6-8H2,1-5H3,(H4,13,14,15). The van der Waals surface area contributed by atoms with Crippen LogP contribution in [0.15, 0.2) is 4.99 Å². The predicted octanol–water partition coefficient (Wildman–Crippen LogP) is 2.36. The molecule has 0 aliphatic heterocycles. The summed E-state index contributed by atoms with van der Waals surface area (Å²) in [6.45, 7) is 12.0. The fraction of sp³-hybridized carbons (Fsp3) is 0.917. The van der Waals surface area contributed by atoms with Gasteiger partial charge in [0.2, 0.25) is 0 Å². The summed E-state index contributed by atoms with van der Waals surface area (Å²) in [6.07, 6.45) is 2.44. The summed E-state index contributed by atoms with van der Waals surface area (Å²) in [7, 11) is 0. The predicted molar refractivity (Wildman–Crippen MR) is 67.7 cm³/mol. The van der Waals surface area contributed by atoms with Crippen LogP contribution in [0.1, 0.15) is 47.5 Å². The van der Waals surface area contributed by atoms with Crippen LogP contribution in [0.3, 0.4) is 0 Å². The largest absolute Gasteiger partial charge is 0.370 e. The van der Waals surface area contributed by atoms with Crippen molar-refractivity contribution in [1.82, 2.24) is 0 Å². The van der Waals surface area contributed by atoms with Gasteiger partial charge in [-0.15, -0.1) is 0 Å². The van der Waals surface area contributed by atoms with E-state index in [0.29, 0.717) is 0 Å². The Bertz CT molecular complexity index is 203. The van der Waals surface area contributed by atoms with Crippen molar-refractivity contribution in [3.05, 3.63) is 0 Å². The molecule has 0 aliphatic rings. The van der Waals surface area contributed by atoms with E-state index in [2.05, 4.69) is 39.6 Å². The molecule has 0 heterocycles. The lowest BCUT2D eigenvalue weighted by Crippen LogP contribution is -2.27. The second-order valence-electron chi connectivity index (χ2n) is 5.84. The van der Waals surface area contributed by atoms with Crippen molar-refractivity contribution >= 4 is 5.96 Å². The Morgan fingerprint density at radius 1 is 1.20 bits per heavy atom. The smallest absolute Gasteiger partial charge is 0.185 e. The number of nitrogens with two attached hydrogens (primary N) is 2. The minimum atomic E-state index is 0.193. The Morgan fingerprint density at radius 2 is 1.73 bits per heavy atom. The van der Waals surface area contributed by atoms with E-state index in [1.54, 1.807) is 0 Å². The molecule has 0 rings (SSSR count). The van der Waals surface area contributed by atoms with Crippen LogP contribution in [0.25, 0.3) is 0 Å². The molecule has 0 radical (unpaired) electrons. The van der Waals surface area contributed by atoms with Crippen LogP contribution in [0, 0.1) is 17.3 Å². The lowest BCUT2D eigenvalue weighted by Gasteiger charge is -2.27. The first-order valence-electron chi connectivity index (χ1n) is 5.78. The summed E-state index contributed by atoms with van der Waals surface area (Å²) in [5.74, 6) is 1.69. The lowest BCUT2D eigenvalue weighted by molar-refractivity contribution is 0.262. The van der Waals surface area contributed by atoms with E-state index in [4.69, 9.17) is 11.5 Å². The highest BCUT2D eigenvalue weighted by atomic mass is 15.0. The third-order valence-corrected chi connectivity index (χ3v) is 2.46. The highest BCUT2D eigenvalue weighted by Crippen LogP contribution is 2.28. The normalized spacial score (nSPS) is 14.0. The molecule has 1 atom stereocenters. The first-order valence-corrected chi connectivity index (χ1v) is 5.78. The molecule has 0 bridgehead atoms. The number of hydrogen-bond acceptors (Lipinski definition) is 1. The molecule has 0 saturated heterocycles. The van der Waals surface area contributed by atoms with E-state index in [0.717, 1.165) is 18.4 Å². The summed E-state index contributed by atoms with van der Waals surface area (Å²) < 4.78 is 0. The molecule has 0 amide bonds. The van der Waals surface area contributed by atoms with Gasteiger partial charge in [0.25, 0.3) is 0 Å². The van der Waals surface area contributed by atoms with Crippen LogP contribution >= 0.6 is 0 Å². The zero-order valence-electron chi connectivity index (χ0n) is 10.9. The van der Waals surface area contributed by atoms with Crippen molar-refractivity contribution in [2.24, 2.45) is 33.7 Å². The van der Waals surface area contributed by atoms with E-state index in [1.165, 1.54) is 12.8 Å². The van der Waals surface area contributed by atoms with Crippen LogP contribution < -0.4 is 11.5 Å². The molecular formula is C12H27N3. The van der Waals surface area contributed by atoms with E-state index < -0.39 is 0 Å². The molecule has 4 N–H and O–H groups in total. The molecular weight excluding hydrogens is 186 g/mol. The molecule has 0 aliphatic carbocycles. The second-order valence-corrected chi connectivity index (χ2v) is 5.84. The molecule has 1 unspecified atom stereocenters. The summed E-state index contributed by atoms with van der Waals surface area (Å²) in [4.78, 5) is 4.10. The van der Waals surface area contributed by atoms with E-state index >= 15 is 0 Å². The first-order chi connectivity index (χ1) is 6.73. The van der Waals surface area contributed by atoms with Crippen molar-refractivity contribution in [2.75, 3.05) is 6.54 Å². The van der Waals surface area contributed by atoms with Gasteiger partial charge < -0.3 is 11.5 Å². The SMILES string of the molecule is CC(C)CC(C)CC(C)(C)CN=C(N)N. The number of hydrogen-bond donors (Lipinski definition) is 2. The zero-order valence-corrected chi connectivity index (χ0v) is 10.9. The summed E-state index contributed by atoms with van der Waals surface area (Å²) >= 11 is 0. The molecule has 0 aromatic carbocycles. The van der Waals surface area contributed by atoms with E-state index in [9.17, 15) is 0 Å². The van der Waals surface area contributed by atoms with E-state index in [1.807, 2.05) is 0 Å². The van der Waals surface area contributed by atoms with Crippen molar-refractivity contribution in [2.45, 2.75) is 47.5 Å². The highest BCUT2D eigenvalue weighted by molar-refractivity contribution is 5.75. The van der Waals surface area contributed by atoms with Crippen LogP contribution in [0.4, 0.5) is 0 Å². The van der Waals surface area contributed by atoms with Crippen LogP contribution in [0.5, 0.6) is 0 Å². The Morgan fingerprint density at radius 3 is 2.13 bits per heavy atom. The fourth-order valence-electron chi connectivity index (χ4n) is 2.20. The first kappa shape index (κ1) is 14.3. The third kappa shape index (κ3) is 8.28. The molecule has 0 aromatic heterocycles. The van der Waals surface area contributed by atoms with Crippen molar-refractivity contribution < 1.29 is 0 Å². The maximum absolute atomic E-state index is 5.34. The number of nitrogens with zero attached hydrogens (tertiary/aromatic N) is 1. The number of rotatable bonds is 6. The van der Waals surface area contributed by atoms with Gasteiger partial charge in [-0.1, -0.05) is 34.6 Å². The highest BCUT2D eigenvalue weighted by Gasteiger charge is 2.21. The third-order valence-electron chi connectivity index (χ3n) is 2.46. The van der Waals surface area contributed by atoms with Gasteiger partial charge in [0.1, 0.15) is 0 Å². The van der Waals surface area contributed by atoms with Gasteiger partial charge >= 0.3 is 0 Å². The van der Waals surface area contributed by atoms with Gasteiger partial charge in [-0.2, -0.15) is 0 Å². The average Bonchev–Trinajstić information content (AvgIpc) is 1.98. The van der Waals surface area contributed by atoms with E-state index in [-0.39, 0.29) is 11.4 Å². The Labute approximate surface area is 94.3 Å². The molecule has 0 saturated carbocycles. The van der Waals surface area contributed by atoms with Crippen LogP contribution in [0.2, 0.25) is 0 Å². The summed E-state index contributed by atoms with van der Waals surface area (Å²) in [5, 5.41) is 0. The van der Waals surface area contributed by atoms with Gasteiger partial charge in [0, 0.05) is 6.54 Å². The van der Waals surface area contributed by atoms with Gasteiger partial charge in [0.15, 0.2) is 5.96 Å². The molecule has 0 spiro atoms. The molecule has 0 fully saturated rings. The quantitative estimate of drug-likeness (QED) is 0.525. The monoisotopic (exact) mass is 213 g/mol. The van der Waals surface area contributed by atoms with Gasteiger partial charge in [-0.3, -0.25) is 4.99 Å². The van der Waals surface area contributed by atoms with Crippen molar-refractivity contribution in [1.29, 1.82) is 0 Å². The molecule has 0 aromatic rings. The van der Waals surface area contributed by atoms with Gasteiger partial charge in [0.05, 0.1) is 0 Å². The summed E-state index contributed by atoms with van der Waals surface area (Å²) in [6, 6.07) is 0. The maximum Gasteiger partial charge on any atom is 0.185 e. The molecule has 90 valence electrons. The second kappa shape index (κ2) is 5.99. The van der Waals surface area contributed by atoms with Gasteiger partial charge in [-0.05, 0) is 30.1 Å². The van der Waals surface area contributed by atoms with Crippen molar-refractivity contribution in [3.8, 4) is 0 Å². The molecule has 3 nitrogen and oxygen atoms in total. The fourth-order valence-corrected chi connectivity index (χ4v) is 2.20. The topological polar surface area (TPSA) is 64.4 Å². The van der Waals surface area contributed by atoms with Crippen molar-refractivity contribution in [3.63, 3.8) is 0 Å². The maximum atomic E-state index is 5.34. The summed E-state index contributed by atoms with van der Waals surface area (Å²) in [5.41, 5.74) is 10.9. The Hall–Kier alpha value is -0.730. The Kier molecular flexibility index (Phi) is 5.69. The molecule has 3 heteroatoms. The minimum absolute atomic E-state index is 0.193. The average molecular weight is 213 g/mol. The molecule has 15 heavy (non-hydrogen) atoms. The lowest BCUT2D eigenvalue weighted by atomic mass is 9.80. The Balaban J connectivity index is 4.07. The van der Waals surface area contributed by atoms with Crippen LogP contribution in [-0.4, -0.2) is 12.5 Å². The van der Waals surface area contributed by atoms with Gasteiger partial charge in [-0.25, -0.2) is 0 Å². The minimum Gasteiger partial charge on any atom is -0.370 e. The number of aliphatic imine (C=N–C) groups is 1.